The molecule has 0 aromatic heterocycles. The highest BCUT2D eigenvalue weighted by Gasteiger charge is 2.51. The Bertz CT molecular complexity index is 558. The van der Waals surface area contributed by atoms with Crippen LogP contribution in [-0.2, 0) is 4.79 Å². The van der Waals surface area contributed by atoms with Gasteiger partial charge < -0.3 is 9.80 Å². The van der Waals surface area contributed by atoms with Crippen LogP contribution in [0.5, 0.6) is 0 Å². The van der Waals surface area contributed by atoms with Crippen LogP contribution in [0.3, 0.4) is 0 Å². The van der Waals surface area contributed by atoms with E-state index in [1.807, 2.05) is 30.3 Å². The molecule has 1 heterocycles. The van der Waals surface area contributed by atoms with Gasteiger partial charge in [-0.15, -0.1) is 0 Å². The van der Waals surface area contributed by atoms with Gasteiger partial charge in [-0.2, -0.15) is 0 Å². The summed E-state index contributed by atoms with van der Waals surface area (Å²) in [5.74, 6) is -0.0907. The molecule has 0 bridgehead atoms. The van der Waals surface area contributed by atoms with E-state index >= 15 is 0 Å². The number of quaternary nitrogens is 1. The minimum atomic E-state index is -0.945. The van der Waals surface area contributed by atoms with Crippen molar-refractivity contribution in [1.82, 2.24) is 5.32 Å². The summed E-state index contributed by atoms with van der Waals surface area (Å²) >= 11 is 0. The third-order valence-electron chi connectivity index (χ3n) is 5.84. The lowest BCUT2D eigenvalue weighted by Crippen LogP contribution is -2.60. The Morgan fingerprint density at radius 1 is 1.08 bits per heavy atom. The van der Waals surface area contributed by atoms with E-state index in [0.29, 0.717) is 25.1 Å². The van der Waals surface area contributed by atoms with Gasteiger partial charge in [-0.1, -0.05) is 30.3 Å². The largest absolute Gasteiger partial charge is 0.355 e. The quantitative estimate of drug-likeness (QED) is 0.474. The fourth-order valence-corrected chi connectivity index (χ4v) is 3.92. The lowest BCUT2D eigenvalue weighted by molar-refractivity contribution is -0.927. The van der Waals surface area contributed by atoms with E-state index in [4.69, 9.17) is 0 Å². The van der Waals surface area contributed by atoms with Gasteiger partial charge in [-0.25, -0.2) is 0 Å². The van der Waals surface area contributed by atoms with Crippen LogP contribution >= 0.6 is 0 Å². The summed E-state index contributed by atoms with van der Waals surface area (Å²) in [7, 11) is 0. The van der Waals surface area contributed by atoms with E-state index in [0.717, 1.165) is 37.0 Å². The number of hydrogen-bond donors (Lipinski definition) is 1. The Balaban J connectivity index is 2.49. The van der Waals surface area contributed by atoms with E-state index in [-0.39, 0.29) is 11.7 Å². The summed E-state index contributed by atoms with van der Waals surface area (Å²) < 4.78 is 0.798. The van der Waals surface area contributed by atoms with Crippen LogP contribution < -0.4 is 5.32 Å². The maximum atomic E-state index is 13.4. The molecule has 1 fully saturated rings. The van der Waals surface area contributed by atoms with Crippen LogP contribution in [-0.4, -0.2) is 48.9 Å². The highest BCUT2D eigenvalue weighted by atomic mass is 16.2. The highest BCUT2D eigenvalue weighted by molar-refractivity contribution is 6.14. The van der Waals surface area contributed by atoms with Gasteiger partial charge in [0.25, 0.3) is 0 Å². The molecule has 0 radical (unpaired) electrons. The summed E-state index contributed by atoms with van der Waals surface area (Å²) in [6, 6.07) is 9.32. The number of carbonyl (C=O) groups is 2. The molecule has 2 rings (SSSR count). The van der Waals surface area contributed by atoms with Crippen molar-refractivity contribution in [1.29, 1.82) is 0 Å². The topological polar surface area (TPSA) is 46.2 Å². The van der Waals surface area contributed by atoms with E-state index in [9.17, 15) is 9.59 Å². The van der Waals surface area contributed by atoms with Crippen molar-refractivity contribution < 1.29 is 14.1 Å². The van der Waals surface area contributed by atoms with Crippen LogP contribution in [0.2, 0.25) is 0 Å². The van der Waals surface area contributed by atoms with Crippen LogP contribution in [0.1, 0.15) is 50.4 Å². The van der Waals surface area contributed by atoms with Gasteiger partial charge in [0.15, 0.2) is 11.2 Å². The van der Waals surface area contributed by atoms with Gasteiger partial charge in [-0.3, -0.25) is 9.59 Å². The zero-order valence-electron chi connectivity index (χ0n) is 15.3. The van der Waals surface area contributed by atoms with Crippen molar-refractivity contribution in [2.75, 3.05) is 32.7 Å². The first kappa shape index (κ1) is 18.7. The maximum absolute atomic E-state index is 13.4. The molecule has 1 aromatic rings. The molecule has 132 valence electrons. The molecular formula is C20H31N2O2+. The summed E-state index contributed by atoms with van der Waals surface area (Å²) in [4.78, 5) is 26.5. The predicted molar refractivity (Wildman–Crippen MR) is 96.8 cm³/mol. The lowest BCUT2D eigenvalue weighted by Gasteiger charge is -2.42. The van der Waals surface area contributed by atoms with Crippen LogP contribution in [0, 0.1) is 5.41 Å². The third kappa shape index (κ3) is 3.54. The zero-order valence-corrected chi connectivity index (χ0v) is 15.3. The summed E-state index contributed by atoms with van der Waals surface area (Å²) in [6.45, 7) is 10.5. The first-order chi connectivity index (χ1) is 11.5. The van der Waals surface area contributed by atoms with Crippen LogP contribution in [0.15, 0.2) is 30.3 Å². The van der Waals surface area contributed by atoms with Crippen molar-refractivity contribution in [3.63, 3.8) is 0 Å². The predicted octanol–water partition coefficient (Wildman–Crippen LogP) is 3.03. The van der Waals surface area contributed by atoms with Crippen LogP contribution in [0.4, 0.5) is 0 Å². The number of benzene rings is 1. The molecule has 4 heteroatoms. The summed E-state index contributed by atoms with van der Waals surface area (Å²) in [6.07, 6.45) is 2.50. The van der Waals surface area contributed by atoms with E-state index in [1.54, 1.807) is 0 Å². The molecule has 1 saturated heterocycles. The SMILES string of the molecule is CC[N+](CC)(CC)CC1(C(=O)c2ccccc2)CCCCNC1=O. The normalized spacial score (nSPS) is 21.9. The molecule has 1 aliphatic rings. The molecule has 0 saturated carbocycles. The van der Waals surface area contributed by atoms with Gasteiger partial charge >= 0.3 is 0 Å². The van der Waals surface area contributed by atoms with Gasteiger partial charge in [-0.05, 0) is 40.0 Å². The molecule has 1 atom stereocenters. The number of carbonyl (C=O) groups excluding carboxylic acids is 2. The number of ketones is 1. The molecule has 1 amide bonds. The molecular weight excluding hydrogens is 300 g/mol. The van der Waals surface area contributed by atoms with Gasteiger partial charge in [0.2, 0.25) is 5.91 Å². The Hall–Kier alpha value is -1.68. The number of amides is 1. The summed E-state index contributed by atoms with van der Waals surface area (Å²) in [5.41, 5.74) is -0.296. The standard InChI is InChI=1S/C20H30N2O2/c1-4-22(5-2,6-3)16-20(14-10-11-15-21-19(20)24)18(23)17-12-8-7-9-13-17/h7-9,12-13H,4-6,10-11,14-16H2,1-3H3/p+1. The molecule has 1 aliphatic heterocycles. The summed E-state index contributed by atoms with van der Waals surface area (Å²) in [5, 5.41) is 3.01. The molecule has 0 aliphatic carbocycles. The first-order valence-electron chi connectivity index (χ1n) is 9.27. The van der Waals surface area contributed by atoms with E-state index in [2.05, 4.69) is 26.1 Å². The average Bonchev–Trinajstić information content (AvgIpc) is 2.82. The first-order valence-corrected chi connectivity index (χ1v) is 9.27. The average molecular weight is 331 g/mol. The second kappa shape index (κ2) is 7.93. The second-order valence-corrected chi connectivity index (χ2v) is 6.94. The van der Waals surface area contributed by atoms with Gasteiger partial charge in [0, 0.05) is 12.1 Å². The van der Waals surface area contributed by atoms with Crippen molar-refractivity contribution in [2.45, 2.75) is 40.0 Å². The second-order valence-electron chi connectivity index (χ2n) is 6.94. The molecule has 1 N–H and O–H groups in total. The molecule has 24 heavy (non-hydrogen) atoms. The van der Waals surface area contributed by atoms with Gasteiger partial charge in [0.1, 0.15) is 6.54 Å². The minimum Gasteiger partial charge on any atom is -0.355 e. The van der Waals surface area contributed by atoms with Crippen molar-refractivity contribution in [3.8, 4) is 0 Å². The van der Waals surface area contributed by atoms with E-state index in [1.165, 1.54) is 0 Å². The Kier molecular flexibility index (Phi) is 6.16. The Morgan fingerprint density at radius 3 is 2.29 bits per heavy atom. The van der Waals surface area contributed by atoms with Crippen molar-refractivity contribution >= 4 is 11.7 Å². The molecule has 4 nitrogen and oxygen atoms in total. The van der Waals surface area contributed by atoms with Crippen molar-refractivity contribution in [2.24, 2.45) is 5.41 Å². The zero-order chi connectivity index (χ0) is 17.6. The lowest BCUT2D eigenvalue weighted by atomic mass is 9.74. The third-order valence-corrected chi connectivity index (χ3v) is 5.84. The maximum Gasteiger partial charge on any atom is 0.239 e. The number of Topliss-reactive ketones (excluding diaryl/α,β-unsaturated/α-hetero) is 1. The molecule has 1 unspecified atom stereocenters. The van der Waals surface area contributed by atoms with Gasteiger partial charge in [0.05, 0.1) is 19.6 Å². The number of nitrogens with one attached hydrogen (secondary N) is 1. The number of hydrogen-bond acceptors (Lipinski definition) is 2. The fraction of sp³-hybridized carbons (Fsp3) is 0.600. The Morgan fingerprint density at radius 2 is 1.71 bits per heavy atom. The Labute approximate surface area is 145 Å². The minimum absolute atomic E-state index is 0.0136. The molecule has 1 aromatic carbocycles. The smallest absolute Gasteiger partial charge is 0.239 e. The van der Waals surface area contributed by atoms with Crippen LogP contribution in [0.25, 0.3) is 0 Å². The van der Waals surface area contributed by atoms with Crippen molar-refractivity contribution in [3.05, 3.63) is 35.9 Å². The molecule has 0 spiro atoms. The fourth-order valence-electron chi connectivity index (χ4n) is 3.92. The monoisotopic (exact) mass is 331 g/mol. The number of rotatable bonds is 7. The highest BCUT2D eigenvalue weighted by Crippen LogP contribution is 2.35. The van der Waals surface area contributed by atoms with E-state index < -0.39 is 5.41 Å². The number of nitrogens with zero attached hydrogens (tertiary/aromatic N) is 1.